The highest BCUT2D eigenvalue weighted by Gasteiger charge is 2.09. The summed E-state index contributed by atoms with van der Waals surface area (Å²) in [6.45, 7) is 4.68. The van der Waals surface area contributed by atoms with Gasteiger partial charge in [-0.15, -0.1) is 0 Å². The minimum atomic E-state index is -0.932. The molecule has 0 aliphatic rings. The molecule has 4 nitrogen and oxygen atoms in total. The summed E-state index contributed by atoms with van der Waals surface area (Å²) >= 11 is 0. The zero-order valence-corrected chi connectivity index (χ0v) is 12.3. The van der Waals surface area contributed by atoms with Crippen LogP contribution in [0.3, 0.4) is 0 Å². The molecule has 0 aromatic heterocycles. The van der Waals surface area contributed by atoms with Crippen LogP contribution in [-0.4, -0.2) is 24.8 Å². The number of methoxy groups -OCH3 is 1. The van der Waals surface area contributed by atoms with E-state index in [0.717, 1.165) is 24.0 Å². The average Bonchev–Trinajstić information content (AvgIpc) is 2.44. The molecular formula is C16H22O4. The Hall–Kier alpha value is -1.97. The van der Waals surface area contributed by atoms with E-state index in [2.05, 4.69) is 0 Å². The van der Waals surface area contributed by atoms with E-state index < -0.39 is 5.97 Å². The molecule has 0 unspecified atom stereocenters. The molecule has 1 aromatic carbocycles. The summed E-state index contributed by atoms with van der Waals surface area (Å²) in [4.78, 5) is 10.9. The van der Waals surface area contributed by atoms with Gasteiger partial charge in [0.2, 0.25) is 0 Å². The summed E-state index contributed by atoms with van der Waals surface area (Å²) in [5, 5.41) is 8.94. The van der Waals surface area contributed by atoms with E-state index in [-0.39, 0.29) is 0 Å². The molecule has 0 saturated carbocycles. The summed E-state index contributed by atoms with van der Waals surface area (Å²) < 4.78 is 10.9. The Labute approximate surface area is 120 Å². The normalized spacial score (nSPS) is 11.2. The number of hydrogen-bond acceptors (Lipinski definition) is 3. The first-order chi connectivity index (χ1) is 9.62. The van der Waals surface area contributed by atoms with E-state index >= 15 is 0 Å². The van der Waals surface area contributed by atoms with E-state index in [1.807, 2.05) is 32.0 Å². The summed E-state index contributed by atoms with van der Waals surface area (Å²) in [5.41, 5.74) is 1.65. The topological polar surface area (TPSA) is 55.8 Å². The second-order valence-electron chi connectivity index (χ2n) is 4.47. The van der Waals surface area contributed by atoms with Crippen molar-refractivity contribution in [1.82, 2.24) is 0 Å². The number of aliphatic carboxylic acids is 1. The van der Waals surface area contributed by atoms with Crippen LogP contribution in [0.1, 0.15) is 38.7 Å². The monoisotopic (exact) mass is 278 g/mol. The number of carboxylic acid groups (broad SMARTS) is 1. The van der Waals surface area contributed by atoms with Crippen LogP contribution >= 0.6 is 0 Å². The third kappa shape index (κ3) is 4.61. The van der Waals surface area contributed by atoms with Crippen LogP contribution in [-0.2, 0) is 4.79 Å². The molecule has 20 heavy (non-hydrogen) atoms. The maximum Gasteiger partial charge on any atom is 0.328 e. The SMILES string of the molecule is CCCOc1ccc(/C(=C/C(=O)O)CCC)cc1OC. The number of allylic oxidation sites excluding steroid dienone is 1. The van der Waals surface area contributed by atoms with Gasteiger partial charge in [-0.3, -0.25) is 0 Å². The second-order valence-corrected chi connectivity index (χ2v) is 4.47. The Morgan fingerprint density at radius 2 is 2.00 bits per heavy atom. The van der Waals surface area contributed by atoms with E-state index in [9.17, 15) is 4.79 Å². The standard InChI is InChI=1S/C16H22O4/c1-4-6-12(11-16(17)18)13-7-8-14(20-9-5-2)15(10-13)19-3/h7-8,10-11H,4-6,9H2,1-3H3,(H,17,18)/b12-11+. The van der Waals surface area contributed by atoms with Gasteiger partial charge < -0.3 is 14.6 Å². The van der Waals surface area contributed by atoms with Crippen LogP contribution in [0.5, 0.6) is 11.5 Å². The first-order valence-electron chi connectivity index (χ1n) is 6.87. The van der Waals surface area contributed by atoms with Gasteiger partial charge in [0.15, 0.2) is 11.5 Å². The summed E-state index contributed by atoms with van der Waals surface area (Å²) in [7, 11) is 1.58. The zero-order valence-electron chi connectivity index (χ0n) is 12.3. The molecule has 0 saturated heterocycles. The predicted octanol–water partition coefficient (Wildman–Crippen LogP) is 3.75. The Bertz CT molecular complexity index is 477. The molecule has 1 N–H and O–H groups in total. The molecule has 0 bridgehead atoms. The van der Waals surface area contributed by atoms with E-state index in [0.29, 0.717) is 24.5 Å². The van der Waals surface area contributed by atoms with Crippen molar-refractivity contribution >= 4 is 11.5 Å². The van der Waals surface area contributed by atoms with Gasteiger partial charge in [0.1, 0.15) is 0 Å². The number of ether oxygens (including phenoxy) is 2. The number of hydrogen-bond donors (Lipinski definition) is 1. The zero-order chi connectivity index (χ0) is 15.0. The van der Waals surface area contributed by atoms with Crippen LogP contribution < -0.4 is 9.47 Å². The van der Waals surface area contributed by atoms with Crippen molar-refractivity contribution in [2.24, 2.45) is 0 Å². The Balaban J connectivity index is 3.08. The molecule has 1 rings (SSSR count). The lowest BCUT2D eigenvalue weighted by Crippen LogP contribution is -1.99. The van der Waals surface area contributed by atoms with Crippen molar-refractivity contribution in [3.8, 4) is 11.5 Å². The lowest BCUT2D eigenvalue weighted by molar-refractivity contribution is -0.131. The molecule has 0 atom stereocenters. The molecule has 0 aliphatic carbocycles. The van der Waals surface area contributed by atoms with E-state index in [4.69, 9.17) is 14.6 Å². The summed E-state index contributed by atoms with van der Waals surface area (Å²) in [5.74, 6) is 0.381. The van der Waals surface area contributed by atoms with Gasteiger partial charge >= 0.3 is 5.97 Å². The van der Waals surface area contributed by atoms with Gasteiger partial charge in [0.05, 0.1) is 13.7 Å². The number of benzene rings is 1. The largest absolute Gasteiger partial charge is 0.493 e. The van der Waals surface area contributed by atoms with Crippen molar-refractivity contribution in [3.05, 3.63) is 29.8 Å². The van der Waals surface area contributed by atoms with Gasteiger partial charge in [0, 0.05) is 6.08 Å². The summed E-state index contributed by atoms with van der Waals surface area (Å²) in [6, 6.07) is 5.53. The van der Waals surface area contributed by atoms with Crippen LogP contribution in [0, 0.1) is 0 Å². The summed E-state index contributed by atoms with van der Waals surface area (Å²) in [6.07, 6.45) is 3.77. The number of carboxylic acids is 1. The molecule has 0 radical (unpaired) electrons. The second kappa shape index (κ2) is 8.25. The van der Waals surface area contributed by atoms with Gasteiger partial charge in [-0.05, 0) is 36.1 Å². The van der Waals surface area contributed by atoms with Crippen molar-refractivity contribution in [1.29, 1.82) is 0 Å². The van der Waals surface area contributed by atoms with Crippen molar-refractivity contribution in [3.63, 3.8) is 0 Å². The maximum atomic E-state index is 10.9. The van der Waals surface area contributed by atoms with Gasteiger partial charge in [-0.1, -0.05) is 26.3 Å². The Kier molecular flexibility index (Phi) is 6.64. The average molecular weight is 278 g/mol. The smallest absolute Gasteiger partial charge is 0.328 e. The minimum absolute atomic E-state index is 0.627. The van der Waals surface area contributed by atoms with Crippen LogP contribution in [0.25, 0.3) is 5.57 Å². The fraction of sp³-hybridized carbons (Fsp3) is 0.438. The van der Waals surface area contributed by atoms with Gasteiger partial charge in [-0.25, -0.2) is 4.79 Å². The van der Waals surface area contributed by atoms with E-state index in [1.165, 1.54) is 6.08 Å². The minimum Gasteiger partial charge on any atom is -0.493 e. The molecule has 1 aromatic rings. The fourth-order valence-electron chi connectivity index (χ4n) is 1.92. The number of rotatable bonds is 8. The lowest BCUT2D eigenvalue weighted by atomic mass is 10.0. The first kappa shape index (κ1) is 16.1. The van der Waals surface area contributed by atoms with Crippen LogP contribution in [0.4, 0.5) is 0 Å². The molecule has 0 aliphatic heterocycles. The third-order valence-corrected chi connectivity index (χ3v) is 2.81. The van der Waals surface area contributed by atoms with Crippen molar-refractivity contribution in [2.75, 3.05) is 13.7 Å². The van der Waals surface area contributed by atoms with Gasteiger partial charge in [0.25, 0.3) is 0 Å². The number of carbonyl (C=O) groups is 1. The molecule has 0 spiro atoms. The van der Waals surface area contributed by atoms with Crippen LogP contribution in [0.15, 0.2) is 24.3 Å². The molecule has 0 amide bonds. The Morgan fingerprint density at radius 3 is 2.55 bits per heavy atom. The molecule has 110 valence electrons. The highest BCUT2D eigenvalue weighted by Crippen LogP contribution is 2.32. The maximum absolute atomic E-state index is 10.9. The molecular weight excluding hydrogens is 256 g/mol. The third-order valence-electron chi connectivity index (χ3n) is 2.81. The highest BCUT2D eigenvalue weighted by atomic mass is 16.5. The molecule has 0 heterocycles. The first-order valence-corrected chi connectivity index (χ1v) is 6.87. The Morgan fingerprint density at radius 1 is 1.25 bits per heavy atom. The van der Waals surface area contributed by atoms with Gasteiger partial charge in [-0.2, -0.15) is 0 Å². The molecule has 0 fully saturated rings. The molecule has 4 heteroatoms. The quantitative estimate of drug-likeness (QED) is 0.736. The fourth-order valence-corrected chi connectivity index (χ4v) is 1.92. The van der Waals surface area contributed by atoms with Crippen LogP contribution in [0.2, 0.25) is 0 Å². The predicted molar refractivity (Wildman–Crippen MR) is 79.3 cm³/mol. The lowest BCUT2D eigenvalue weighted by Gasteiger charge is -2.13. The highest BCUT2D eigenvalue weighted by molar-refractivity contribution is 5.90. The van der Waals surface area contributed by atoms with E-state index in [1.54, 1.807) is 7.11 Å². The van der Waals surface area contributed by atoms with Crippen molar-refractivity contribution < 1.29 is 19.4 Å². The van der Waals surface area contributed by atoms with Crippen molar-refractivity contribution in [2.45, 2.75) is 33.1 Å².